The summed E-state index contributed by atoms with van der Waals surface area (Å²) in [7, 11) is 0. The van der Waals surface area contributed by atoms with Crippen molar-refractivity contribution in [3.05, 3.63) is 59.7 Å². The molecule has 2 rings (SSSR count). The molecule has 0 radical (unpaired) electrons. The van der Waals surface area contributed by atoms with Crippen LogP contribution in [0.5, 0.6) is 0 Å². The van der Waals surface area contributed by atoms with Crippen molar-refractivity contribution in [1.29, 1.82) is 0 Å². The number of urea groups is 1. The van der Waals surface area contributed by atoms with Gasteiger partial charge in [-0.3, -0.25) is 0 Å². The molecule has 110 valence electrons. The summed E-state index contributed by atoms with van der Waals surface area (Å²) < 4.78 is 26.4. The van der Waals surface area contributed by atoms with Crippen LogP contribution >= 0.6 is 0 Å². The van der Waals surface area contributed by atoms with Crippen LogP contribution in [-0.4, -0.2) is 11.1 Å². The van der Waals surface area contributed by atoms with E-state index in [9.17, 15) is 18.7 Å². The lowest BCUT2D eigenvalue weighted by Gasteiger charge is -2.10. The number of carbonyl (C=O) groups is 1. The Morgan fingerprint density at radius 3 is 2.62 bits per heavy atom. The van der Waals surface area contributed by atoms with Crippen LogP contribution in [0.15, 0.2) is 42.5 Å². The van der Waals surface area contributed by atoms with Crippen LogP contribution in [0.2, 0.25) is 0 Å². The van der Waals surface area contributed by atoms with E-state index in [2.05, 4.69) is 10.6 Å². The number of nitrogens with one attached hydrogen (secondary N) is 2. The van der Waals surface area contributed by atoms with E-state index < -0.39 is 23.8 Å². The second-order valence-electron chi connectivity index (χ2n) is 4.50. The maximum atomic E-state index is 13.4. The van der Waals surface area contributed by atoms with Crippen molar-refractivity contribution in [3.63, 3.8) is 0 Å². The first-order valence-corrected chi connectivity index (χ1v) is 6.27. The summed E-state index contributed by atoms with van der Waals surface area (Å²) in [6.45, 7) is 1.60. The smallest absolute Gasteiger partial charge is 0.323 e. The van der Waals surface area contributed by atoms with Crippen molar-refractivity contribution in [2.75, 3.05) is 10.6 Å². The molecule has 3 N–H and O–H groups in total. The summed E-state index contributed by atoms with van der Waals surface area (Å²) in [5, 5.41) is 14.2. The SMILES string of the molecule is CC(O)c1cccc(NC(=O)Nc2cc(F)ccc2F)c1. The van der Waals surface area contributed by atoms with Gasteiger partial charge in [-0.2, -0.15) is 0 Å². The Morgan fingerprint density at radius 2 is 1.90 bits per heavy atom. The fourth-order valence-corrected chi connectivity index (χ4v) is 1.75. The number of halogens is 2. The van der Waals surface area contributed by atoms with E-state index in [1.54, 1.807) is 31.2 Å². The minimum absolute atomic E-state index is 0.251. The van der Waals surface area contributed by atoms with Crippen molar-refractivity contribution < 1.29 is 18.7 Å². The fraction of sp³-hybridized carbons (Fsp3) is 0.133. The van der Waals surface area contributed by atoms with E-state index in [1.807, 2.05) is 0 Å². The van der Waals surface area contributed by atoms with Crippen LogP contribution in [-0.2, 0) is 0 Å². The lowest BCUT2D eigenvalue weighted by Crippen LogP contribution is -2.20. The number of amides is 2. The van der Waals surface area contributed by atoms with Gasteiger partial charge in [0.25, 0.3) is 0 Å². The van der Waals surface area contributed by atoms with E-state index in [1.165, 1.54) is 0 Å². The molecule has 6 heteroatoms. The molecular weight excluding hydrogens is 278 g/mol. The summed E-state index contributed by atoms with van der Waals surface area (Å²) in [6, 6.07) is 8.66. The number of anilines is 2. The number of aliphatic hydroxyl groups excluding tert-OH is 1. The molecule has 2 amide bonds. The number of aliphatic hydroxyl groups is 1. The Balaban J connectivity index is 2.08. The quantitative estimate of drug-likeness (QED) is 0.808. The van der Waals surface area contributed by atoms with Gasteiger partial charge >= 0.3 is 6.03 Å². The minimum atomic E-state index is -0.732. The number of rotatable bonds is 3. The summed E-state index contributed by atoms with van der Waals surface area (Å²) in [4.78, 5) is 11.8. The average Bonchev–Trinajstić information content (AvgIpc) is 2.43. The first-order valence-electron chi connectivity index (χ1n) is 6.27. The number of hydrogen-bond donors (Lipinski definition) is 3. The Hall–Kier alpha value is -2.47. The molecule has 0 fully saturated rings. The third kappa shape index (κ3) is 4.00. The predicted octanol–water partition coefficient (Wildman–Crippen LogP) is 3.66. The van der Waals surface area contributed by atoms with Gasteiger partial charge < -0.3 is 15.7 Å². The van der Waals surface area contributed by atoms with E-state index >= 15 is 0 Å². The molecule has 0 saturated heterocycles. The molecule has 0 bridgehead atoms. The van der Waals surface area contributed by atoms with E-state index in [-0.39, 0.29) is 5.69 Å². The molecule has 0 saturated carbocycles. The van der Waals surface area contributed by atoms with Crippen molar-refractivity contribution in [2.24, 2.45) is 0 Å². The molecule has 0 aromatic heterocycles. The predicted molar refractivity (Wildman–Crippen MR) is 76.1 cm³/mol. The summed E-state index contributed by atoms with van der Waals surface area (Å²) in [5.74, 6) is -1.38. The molecule has 0 heterocycles. The van der Waals surface area contributed by atoms with Crippen LogP contribution < -0.4 is 10.6 Å². The Bertz CT molecular complexity index is 660. The molecule has 4 nitrogen and oxygen atoms in total. The van der Waals surface area contributed by atoms with E-state index in [4.69, 9.17) is 0 Å². The van der Waals surface area contributed by atoms with Crippen molar-refractivity contribution in [3.8, 4) is 0 Å². The standard InChI is InChI=1S/C15H14F2N2O2/c1-9(20)10-3-2-4-12(7-10)18-15(21)19-14-8-11(16)5-6-13(14)17/h2-9,20H,1H3,(H2,18,19,21). The summed E-state index contributed by atoms with van der Waals surface area (Å²) in [6.07, 6.45) is -0.671. The molecule has 0 aliphatic heterocycles. The van der Waals surface area contributed by atoms with Crippen molar-refractivity contribution in [2.45, 2.75) is 13.0 Å². The third-order valence-corrected chi connectivity index (χ3v) is 2.80. The maximum Gasteiger partial charge on any atom is 0.323 e. The van der Waals surface area contributed by atoms with E-state index in [0.29, 0.717) is 11.3 Å². The topological polar surface area (TPSA) is 61.4 Å². The van der Waals surface area contributed by atoms with Gasteiger partial charge in [-0.25, -0.2) is 13.6 Å². The average molecular weight is 292 g/mol. The molecule has 0 spiro atoms. The monoisotopic (exact) mass is 292 g/mol. The fourth-order valence-electron chi connectivity index (χ4n) is 1.75. The molecule has 2 aromatic rings. The normalized spacial score (nSPS) is 11.8. The Kier molecular flexibility index (Phi) is 4.49. The number of carbonyl (C=O) groups excluding carboxylic acids is 1. The van der Waals surface area contributed by atoms with Gasteiger partial charge in [-0.05, 0) is 36.8 Å². The molecule has 21 heavy (non-hydrogen) atoms. The lowest BCUT2D eigenvalue weighted by atomic mass is 10.1. The van der Waals surface area contributed by atoms with E-state index in [0.717, 1.165) is 18.2 Å². The highest BCUT2D eigenvalue weighted by molar-refractivity contribution is 5.99. The second kappa shape index (κ2) is 6.32. The van der Waals surface area contributed by atoms with Crippen LogP contribution in [0, 0.1) is 11.6 Å². The zero-order valence-electron chi connectivity index (χ0n) is 11.2. The number of benzene rings is 2. The van der Waals surface area contributed by atoms with Gasteiger partial charge in [0.1, 0.15) is 11.6 Å². The van der Waals surface area contributed by atoms with Crippen LogP contribution in [0.25, 0.3) is 0 Å². The maximum absolute atomic E-state index is 13.4. The Labute approximate surface area is 120 Å². The first-order chi connectivity index (χ1) is 9.95. The van der Waals surface area contributed by atoms with Crippen LogP contribution in [0.4, 0.5) is 25.0 Å². The molecule has 2 aromatic carbocycles. The van der Waals surface area contributed by atoms with Gasteiger partial charge in [0.2, 0.25) is 0 Å². The van der Waals surface area contributed by atoms with Crippen molar-refractivity contribution in [1.82, 2.24) is 0 Å². The molecule has 0 aliphatic rings. The highest BCUT2D eigenvalue weighted by atomic mass is 19.1. The highest BCUT2D eigenvalue weighted by Crippen LogP contribution is 2.18. The first kappa shape index (κ1) is 14.9. The third-order valence-electron chi connectivity index (χ3n) is 2.80. The lowest BCUT2D eigenvalue weighted by molar-refractivity contribution is 0.199. The van der Waals surface area contributed by atoms with Crippen LogP contribution in [0.1, 0.15) is 18.6 Å². The number of hydrogen-bond acceptors (Lipinski definition) is 2. The van der Waals surface area contributed by atoms with Gasteiger partial charge in [0, 0.05) is 11.8 Å². The van der Waals surface area contributed by atoms with Gasteiger partial charge in [-0.1, -0.05) is 12.1 Å². The van der Waals surface area contributed by atoms with Gasteiger partial charge in [0.15, 0.2) is 0 Å². The molecule has 0 aliphatic carbocycles. The van der Waals surface area contributed by atoms with Gasteiger partial charge in [0.05, 0.1) is 11.8 Å². The largest absolute Gasteiger partial charge is 0.389 e. The molecular formula is C15H14F2N2O2. The zero-order valence-corrected chi connectivity index (χ0v) is 11.2. The Morgan fingerprint density at radius 1 is 1.14 bits per heavy atom. The minimum Gasteiger partial charge on any atom is -0.389 e. The van der Waals surface area contributed by atoms with Gasteiger partial charge in [-0.15, -0.1) is 0 Å². The zero-order chi connectivity index (χ0) is 15.4. The summed E-state index contributed by atoms with van der Waals surface area (Å²) >= 11 is 0. The van der Waals surface area contributed by atoms with Crippen molar-refractivity contribution >= 4 is 17.4 Å². The van der Waals surface area contributed by atoms with Crippen LogP contribution in [0.3, 0.4) is 0 Å². The second-order valence-corrected chi connectivity index (χ2v) is 4.50. The molecule has 1 unspecified atom stereocenters. The summed E-state index contributed by atoms with van der Waals surface area (Å²) in [5.41, 5.74) is 0.812. The highest BCUT2D eigenvalue weighted by Gasteiger charge is 2.09. The molecule has 1 atom stereocenters.